The monoisotopic (exact) mass is 406 g/mol. The van der Waals surface area contributed by atoms with E-state index in [9.17, 15) is 14.9 Å². The van der Waals surface area contributed by atoms with Gasteiger partial charge in [0.05, 0.1) is 18.0 Å². The van der Waals surface area contributed by atoms with Gasteiger partial charge in [-0.25, -0.2) is 4.98 Å². The molecule has 0 saturated carbocycles. The van der Waals surface area contributed by atoms with Gasteiger partial charge in [-0.2, -0.15) is 15.7 Å². The molecule has 7 heteroatoms. The first-order valence-corrected chi connectivity index (χ1v) is 11.4. The number of carbonyl (C=O) groups is 2. The number of anilines is 1. The van der Waals surface area contributed by atoms with E-state index < -0.39 is 11.8 Å². The smallest absolute Gasteiger partial charge is 0.232 e. The summed E-state index contributed by atoms with van der Waals surface area (Å²) in [4.78, 5) is 36.9. The Morgan fingerprint density at radius 1 is 1.21 bits per heavy atom. The maximum Gasteiger partial charge on any atom is 0.232 e. The number of nitriles is 1. The molecule has 2 saturated heterocycles. The van der Waals surface area contributed by atoms with Crippen LogP contribution in [0.15, 0.2) is 48.9 Å². The Hall–Kier alpha value is -2.85. The van der Waals surface area contributed by atoms with Crippen LogP contribution >= 0.6 is 10.5 Å². The first-order valence-electron chi connectivity index (χ1n) is 9.79. The van der Waals surface area contributed by atoms with Gasteiger partial charge in [0.1, 0.15) is 10.9 Å². The molecule has 2 aromatic rings. The maximum absolute atomic E-state index is 13.4. The summed E-state index contributed by atoms with van der Waals surface area (Å²) in [7, 11) is -0.271. The second-order valence-electron chi connectivity index (χ2n) is 7.33. The van der Waals surface area contributed by atoms with Crippen LogP contribution in [0.1, 0.15) is 18.4 Å². The Bertz CT molecular complexity index is 977. The largest absolute Gasteiger partial charge is 0.295 e. The molecule has 148 valence electrons. The fraction of sp³-hybridized carbons (Fsp3) is 0.364. The number of hydrogen-bond donors (Lipinski definition) is 0. The Labute approximate surface area is 172 Å². The molecule has 0 radical (unpaired) electrons. The van der Waals surface area contributed by atoms with Crippen molar-refractivity contribution in [3.05, 3.63) is 54.5 Å². The summed E-state index contributed by atoms with van der Waals surface area (Å²) in [5.41, 5.74) is 1.01. The van der Waals surface area contributed by atoms with E-state index in [4.69, 9.17) is 0 Å². The van der Waals surface area contributed by atoms with Crippen LogP contribution in [0.4, 0.5) is 5.82 Å². The van der Waals surface area contributed by atoms with Gasteiger partial charge in [0.25, 0.3) is 0 Å². The van der Waals surface area contributed by atoms with Gasteiger partial charge in [0.2, 0.25) is 5.91 Å². The third-order valence-corrected chi connectivity index (χ3v) is 7.99. The molecular weight excluding hydrogens is 384 g/mol. The third-order valence-electron chi connectivity index (χ3n) is 5.55. The van der Waals surface area contributed by atoms with Gasteiger partial charge in [-0.1, -0.05) is 30.3 Å². The van der Waals surface area contributed by atoms with E-state index in [2.05, 4.69) is 16.0 Å². The van der Waals surface area contributed by atoms with Crippen LogP contribution in [0.2, 0.25) is 0 Å². The number of Topliss-reactive ketones (excluding diaryl/α,β-unsaturated/α-hetero) is 1. The topological polar surface area (TPSA) is 86.9 Å². The van der Waals surface area contributed by atoms with Crippen LogP contribution in [0.3, 0.4) is 0 Å². The highest BCUT2D eigenvalue weighted by molar-refractivity contribution is 8.17. The standard InChI is InChI=1S/C22H22N4O2S/c23-13-19(29-10-4-5-11-29)21(27)18-15-26(20-14-24-8-9-25-20)22(28)17(18)12-16-6-2-1-3-7-16/h1-3,6-9,14,17-18H,4-5,10-12,15H2/t17-,18+/m1/s1. The molecular formula is C22H22N4O2S. The fourth-order valence-electron chi connectivity index (χ4n) is 4.08. The molecule has 2 atom stereocenters. The van der Waals surface area contributed by atoms with Crippen molar-refractivity contribution in [1.29, 1.82) is 5.26 Å². The number of amides is 1. The normalized spacial score (nSPS) is 21.9. The molecule has 3 heterocycles. The van der Waals surface area contributed by atoms with Crippen molar-refractivity contribution >= 4 is 32.9 Å². The minimum atomic E-state index is -0.535. The number of nitrogens with zero attached hydrogens (tertiary/aromatic N) is 4. The van der Waals surface area contributed by atoms with Crippen LogP contribution < -0.4 is 4.90 Å². The van der Waals surface area contributed by atoms with Crippen LogP contribution in [-0.2, 0) is 16.0 Å². The molecule has 0 bridgehead atoms. The van der Waals surface area contributed by atoms with Gasteiger partial charge in [0.15, 0.2) is 11.6 Å². The molecule has 0 spiro atoms. The van der Waals surface area contributed by atoms with Gasteiger partial charge in [0, 0.05) is 18.9 Å². The van der Waals surface area contributed by atoms with Crippen molar-refractivity contribution in [3.8, 4) is 6.07 Å². The van der Waals surface area contributed by atoms with Crippen molar-refractivity contribution < 1.29 is 9.59 Å². The van der Waals surface area contributed by atoms with Crippen molar-refractivity contribution in [2.24, 2.45) is 11.8 Å². The van der Waals surface area contributed by atoms with Crippen LogP contribution in [0.25, 0.3) is 0 Å². The van der Waals surface area contributed by atoms with Gasteiger partial charge in [-0.15, -0.1) is 0 Å². The molecule has 1 aromatic carbocycles. The minimum Gasteiger partial charge on any atom is -0.295 e. The van der Waals surface area contributed by atoms with Gasteiger partial charge in [-0.05, 0) is 36.3 Å². The zero-order valence-corrected chi connectivity index (χ0v) is 16.8. The molecule has 6 nitrogen and oxygen atoms in total. The molecule has 0 N–H and O–H groups in total. The average Bonchev–Trinajstić information content (AvgIpc) is 3.39. The highest BCUT2D eigenvalue weighted by Gasteiger charge is 2.46. The van der Waals surface area contributed by atoms with Gasteiger partial charge in [-0.3, -0.25) is 19.5 Å². The Kier molecular flexibility index (Phi) is 5.81. The lowest BCUT2D eigenvalue weighted by Crippen LogP contribution is -2.31. The van der Waals surface area contributed by atoms with Gasteiger partial charge >= 0.3 is 0 Å². The Morgan fingerprint density at radius 2 is 1.97 bits per heavy atom. The number of aromatic nitrogens is 2. The van der Waals surface area contributed by atoms with E-state index in [1.807, 2.05) is 30.3 Å². The molecule has 1 aromatic heterocycles. The Balaban J connectivity index is 1.68. The molecule has 2 fully saturated rings. The predicted molar refractivity (Wildman–Crippen MR) is 114 cm³/mol. The molecule has 2 aliphatic heterocycles. The summed E-state index contributed by atoms with van der Waals surface area (Å²) < 4.78 is 0. The van der Waals surface area contributed by atoms with E-state index in [0.717, 1.165) is 29.9 Å². The van der Waals surface area contributed by atoms with E-state index >= 15 is 0 Å². The highest BCUT2D eigenvalue weighted by Crippen LogP contribution is 2.34. The summed E-state index contributed by atoms with van der Waals surface area (Å²) in [6, 6.07) is 11.9. The van der Waals surface area contributed by atoms with Crippen LogP contribution in [-0.4, -0.2) is 44.6 Å². The first-order chi connectivity index (χ1) is 14.2. The molecule has 29 heavy (non-hydrogen) atoms. The van der Waals surface area contributed by atoms with Crippen LogP contribution in [0, 0.1) is 23.2 Å². The fourth-order valence-corrected chi connectivity index (χ4v) is 6.36. The molecule has 0 unspecified atom stereocenters. The third kappa shape index (κ3) is 3.99. The predicted octanol–water partition coefficient (Wildman–Crippen LogP) is 2.63. The molecule has 2 aliphatic rings. The lowest BCUT2D eigenvalue weighted by atomic mass is 9.85. The summed E-state index contributed by atoms with van der Waals surface area (Å²) >= 11 is 0. The highest BCUT2D eigenvalue weighted by atomic mass is 32.2. The minimum absolute atomic E-state index is 0.125. The number of hydrogen-bond acceptors (Lipinski definition) is 5. The second-order valence-corrected chi connectivity index (χ2v) is 9.54. The summed E-state index contributed by atoms with van der Waals surface area (Å²) in [5, 5.41) is 9.72. The van der Waals surface area contributed by atoms with E-state index in [-0.39, 0.29) is 28.7 Å². The van der Waals surface area contributed by atoms with E-state index in [1.54, 1.807) is 11.1 Å². The molecule has 1 amide bonds. The first kappa shape index (κ1) is 19.5. The van der Waals surface area contributed by atoms with Crippen molar-refractivity contribution in [1.82, 2.24) is 9.97 Å². The van der Waals surface area contributed by atoms with Gasteiger partial charge < -0.3 is 0 Å². The van der Waals surface area contributed by atoms with E-state index in [0.29, 0.717) is 17.1 Å². The molecule has 0 aliphatic carbocycles. The summed E-state index contributed by atoms with van der Waals surface area (Å²) in [6.07, 6.45) is 7.22. The zero-order chi connectivity index (χ0) is 20.2. The number of rotatable bonds is 5. The van der Waals surface area contributed by atoms with E-state index in [1.165, 1.54) is 12.4 Å². The lowest BCUT2D eigenvalue weighted by molar-refractivity contribution is -0.124. The Morgan fingerprint density at radius 3 is 2.62 bits per heavy atom. The summed E-state index contributed by atoms with van der Waals surface area (Å²) in [6.45, 7) is 0.246. The lowest BCUT2D eigenvalue weighted by Gasteiger charge is -2.16. The quantitative estimate of drug-likeness (QED) is 0.713. The SMILES string of the molecule is N#CC(C(=O)[C@H]1CN(c2cnccn2)C(=O)[C@@H]1Cc1ccccc1)=S1CCCC1. The second kappa shape index (κ2) is 8.66. The number of ketones is 1. The summed E-state index contributed by atoms with van der Waals surface area (Å²) in [5.74, 6) is 0.957. The van der Waals surface area contributed by atoms with Crippen LogP contribution in [0.5, 0.6) is 0 Å². The maximum atomic E-state index is 13.4. The van der Waals surface area contributed by atoms with Crippen molar-refractivity contribution in [2.45, 2.75) is 19.3 Å². The molecule has 4 rings (SSSR count). The number of carbonyl (C=O) groups excluding carboxylic acids is 2. The van der Waals surface area contributed by atoms with Crippen molar-refractivity contribution in [3.63, 3.8) is 0 Å². The average molecular weight is 407 g/mol. The number of benzene rings is 1. The van der Waals surface area contributed by atoms with Crippen molar-refractivity contribution in [2.75, 3.05) is 23.0 Å². The zero-order valence-electron chi connectivity index (χ0n) is 16.0.